The summed E-state index contributed by atoms with van der Waals surface area (Å²) >= 11 is 0. The van der Waals surface area contributed by atoms with Crippen LogP contribution in [0.3, 0.4) is 0 Å². The fourth-order valence-electron chi connectivity index (χ4n) is 4.83. The van der Waals surface area contributed by atoms with Crippen LogP contribution in [0.5, 0.6) is 5.75 Å². The van der Waals surface area contributed by atoms with E-state index in [4.69, 9.17) is 15.6 Å². The number of anilines is 1. The van der Waals surface area contributed by atoms with Crippen molar-refractivity contribution in [2.45, 2.75) is 59.5 Å². The molecule has 2 aromatic heterocycles. The fraction of sp³-hybridized carbons (Fsp3) is 0.500. The maximum atomic E-state index is 10.00. The lowest BCUT2D eigenvalue weighted by Gasteiger charge is -2.40. The minimum atomic E-state index is -0.152. The van der Waals surface area contributed by atoms with Gasteiger partial charge >= 0.3 is 0 Å². The highest BCUT2D eigenvalue weighted by atomic mass is 16.5. The molecule has 168 valence electrons. The highest BCUT2D eigenvalue weighted by Gasteiger charge is 2.39. The number of aryl methyl sites for hydroxylation is 2. The highest BCUT2D eigenvalue weighted by Crippen LogP contribution is 2.41. The molecule has 8 nitrogen and oxygen atoms in total. The van der Waals surface area contributed by atoms with E-state index in [1.54, 1.807) is 4.90 Å². The molecule has 3 heterocycles. The van der Waals surface area contributed by atoms with Crippen molar-refractivity contribution in [3.05, 3.63) is 40.3 Å². The maximum Gasteiger partial charge on any atom is 0.164 e. The number of nitrogens with one attached hydrogen (secondary N) is 1. The third-order valence-corrected chi connectivity index (χ3v) is 6.69. The number of nitriles is 1. The molecule has 1 unspecified atom stereocenters. The van der Waals surface area contributed by atoms with Crippen LogP contribution in [0.25, 0.3) is 11.0 Å². The number of nitrogen functional groups attached to an aromatic ring is 1. The average Bonchev–Trinajstić information content (AvgIpc) is 3.05. The van der Waals surface area contributed by atoms with Crippen molar-refractivity contribution in [2.75, 3.05) is 25.4 Å². The van der Waals surface area contributed by atoms with Gasteiger partial charge in [-0.05, 0) is 53.2 Å². The summed E-state index contributed by atoms with van der Waals surface area (Å²) in [6.07, 6.45) is 1.47. The van der Waals surface area contributed by atoms with Gasteiger partial charge in [0.2, 0.25) is 0 Å². The molecule has 0 saturated carbocycles. The number of aromatic nitrogens is 4. The van der Waals surface area contributed by atoms with Crippen molar-refractivity contribution in [2.24, 2.45) is 0 Å². The zero-order valence-electron chi connectivity index (χ0n) is 19.7. The Labute approximate surface area is 189 Å². The second-order valence-electron chi connectivity index (χ2n) is 9.03. The summed E-state index contributed by atoms with van der Waals surface area (Å²) in [5.41, 5.74) is 11.4. The van der Waals surface area contributed by atoms with Crippen molar-refractivity contribution in [3.8, 4) is 11.8 Å². The third kappa shape index (κ3) is 3.47. The lowest BCUT2D eigenvalue weighted by atomic mass is 9.82. The lowest BCUT2D eigenvalue weighted by Crippen LogP contribution is -3.22. The molecular formula is C24H32N7O+. The molecule has 1 aliphatic rings. The Balaban J connectivity index is 1.88. The molecule has 1 fully saturated rings. The predicted octanol–water partition coefficient (Wildman–Crippen LogP) is 2.30. The van der Waals surface area contributed by atoms with Crippen molar-refractivity contribution in [1.82, 2.24) is 19.7 Å². The van der Waals surface area contributed by atoms with Crippen molar-refractivity contribution in [3.63, 3.8) is 0 Å². The van der Waals surface area contributed by atoms with Crippen LogP contribution in [0.4, 0.5) is 5.82 Å². The Morgan fingerprint density at radius 2 is 2.00 bits per heavy atom. The van der Waals surface area contributed by atoms with Gasteiger partial charge in [-0.3, -0.25) is 0 Å². The van der Waals surface area contributed by atoms with E-state index in [-0.39, 0.29) is 6.04 Å². The van der Waals surface area contributed by atoms with E-state index in [1.807, 2.05) is 25.5 Å². The van der Waals surface area contributed by atoms with Gasteiger partial charge in [-0.25, -0.2) is 14.6 Å². The minimum Gasteiger partial charge on any atom is -0.493 e. The van der Waals surface area contributed by atoms with Gasteiger partial charge in [0.15, 0.2) is 5.65 Å². The first-order valence-corrected chi connectivity index (χ1v) is 11.3. The molecule has 3 aromatic rings. The third-order valence-electron chi connectivity index (χ3n) is 6.69. The number of rotatable bonds is 6. The Bertz CT molecular complexity index is 1200. The molecule has 0 bridgehead atoms. The monoisotopic (exact) mass is 434 g/mol. The molecular weight excluding hydrogens is 402 g/mol. The Kier molecular flexibility index (Phi) is 5.78. The summed E-state index contributed by atoms with van der Waals surface area (Å²) < 4.78 is 8.14. The molecule has 32 heavy (non-hydrogen) atoms. The summed E-state index contributed by atoms with van der Waals surface area (Å²) in [7, 11) is 0. The number of likely N-dealkylation sites (tertiary alicyclic amines) is 1. The smallest absolute Gasteiger partial charge is 0.164 e. The quantitative estimate of drug-likeness (QED) is 0.616. The SMILES string of the molecule is CCOc1c(C(C)n2nc(C)c3c(N)ncnc32)cc(C)c(C#N)c1C1C[NH+](C(C)C)C1. The molecule has 0 radical (unpaired) electrons. The summed E-state index contributed by atoms with van der Waals surface area (Å²) in [6.45, 7) is 15.0. The number of nitrogens with zero attached hydrogens (tertiary/aromatic N) is 5. The van der Waals surface area contributed by atoms with Crippen molar-refractivity contribution in [1.29, 1.82) is 5.26 Å². The van der Waals surface area contributed by atoms with Crippen LogP contribution in [-0.2, 0) is 0 Å². The van der Waals surface area contributed by atoms with E-state index in [1.165, 1.54) is 6.33 Å². The summed E-state index contributed by atoms with van der Waals surface area (Å²) in [4.78, 5) is 10.1. The predicted molar refractivity (Wildman–Crippen MR) is 124 cm³/mol. The molecule has 8 heteroatoms. The maximum absolute atomic E-state index is 10.00. The molecule has 1 aliphatic heterocycles. The average molecular weight is 435 g/mol. The number of fused-ring (bicyclic) bond motifs is 1. The van der Waals surface area contributed by atoms with Crippen LogP contribution < -0.4 is 15.4 Å². The minimum absolute atomic E-state index is 0.152. The second-order valence-corrected chi connectivity index (χ2v) is 9.03. The van der Waals surface area contributed by atoms with Crippen LogP contribution >= 0.6 is 0 Å². The molecule has 4 rings (SSSR count). The van der Waals surface area contributed by atoms with Crippen LogP contribution in [0.15, 0.2) is 12.4 Å². The standard InChI is InChI=1S/C24H31N7O/c1-7-32-22-18(16(6)31-24-20(15(5)29-31)23(26)27-12-28-24)8-14(4)19(9-25)21(22)17-10-30(11-17)13(2)3/h8,12-13,16-17H,7,10-11H2,1-6H3,(H2,26,27,28)/p+1. The first-order chi connectivity index (χ1) is 15.3. The lowest BCUT2D eigenvalue weighted by molar-refractivity contribution is -0.963. The fourth-order valence-corrected chi connectivity index (χ4v) is 4.83. The van der Waals surface area contributed by atoms with Gasteiger partial charge in [-0.2, -0.15) is 10.4 Å². The Hall–Kier alpha value is -3.18. The van der Waals surface area contributed by atoms with E-state index in [9.17, 15) is 5.26 Å². The van der Waals surface area contributed by atoms with Gasteiger partial charge in [0.25, 0.3) is 0 Å². The molecule has 1 aromatic carbocycles. The number of nitrogens with two attached hydrogens (primary N) is 1. The summed E-state index contributed by atoms with van der Waals surface area (Å²) in [5.74, 6) is 1.56. The highest BCUT2D eigenvalue weighted by molar-refractivity contribution is 5.88. The van der Waals surface area contributed by atoms with Gasteiger partial charge in [0.1, 0.15) is 17.9 Å². The molecule has 3 N–H and O–H groups in total. The van der Waals surface area contributed by atoms with Crippen LogP contribution in [0, 0.1) is 25.2 Å². The van der Waals surface area contributed by atoms with Gasteiger partial charge in [0.05, 0.1) is 60.4 Å². The van der Waals surface area contributed by atoms with Gasteiger partial charge in [-0.1, -0.05) is 0 Å². The second kappa shape index (κ2) is 8.40. The van der Waals surface area contributed by atoms with Gasteiger partial charge in [-0.15, -0.1) is 0 Å². The van der Waals surface area contributed by atoms with Crippen LogP contribution in [0.2, 0.25) is 0 Å². The largest absolute Gasteiger partial charge is 0.493 e. The van der Waals surface area contributed by atoms with E-state index in [2.05, 4.69) is 42.9 Å². The zero-order valence-corrected chi connectivity index (χ0v) is 19.7. The molecule has 0 aliphatic carbocycles. The zero-order chi connectivity index (χ0) is 23.2. The number of ether oxygens (including phenoxy) is 1. The van der Waals surface area contributed by atoms with Gasteiger partial charge < -0.3 is 15.4 Å². The van der Waals surface area contributed by atoms with Crippen LogP contribution in [-0.4, -0.2) is 45.5 Å². The summed E-state index contributed by atoms with van der Waals surface area (Å²) in [5, 5.41) is 15.5. The van der Waals surface area contributed by atoms with E-state index in [0.29, 0.717) is 30.0 Å². The number of hydrogen-bond donors (Lipinski definition) is 2. The van der Waals surface area contributed by atoms with Crippen molar-refractivity contribution >= 4 is 16.9 Å². The first-order valence-electron chi connectivity index (χ1n) is 11.3. The van der Waals surface area contributed by atoms with E-state index in [0.717, 1.165) is 52.2 Å². The number of benzene rings is 1. The van der Waals surface area contributed by atoms with E-state index >= 15 is 0 Å². The van der Waals surface area contributed by atoms with E-state index < -0.39 is 0 Å². The van der Waals surface area contributed by atoms with Gasteiger partial charge in [0, 0.05) is 11.1 Å². The molecule has 0 spiro atoms. The normalized spacial score (nSPS) is 19.1. The molecule has 1 saturated heterocycles. The number of quaternary nitrogens is 1. The van der Waals surface area contributed by atoms with Crippen molar-refractivity contribution < 1.29 is 9.64 Å². The Morgan fingerprint density at radius 1 is 1.28 bits per heavy atom. The summed E-state index contributed by atoms with van der Waals surface area (Å²) in [6, 6.07) is 4.94. The Morgan fingerprint density at radius 3 is 2.62 bits per heavy atom. The first kappa shape index (κ1) is 22.0. The molecule has 0 amide bonds. The molecule has 1 atom stereocenters. The topological polar surface area (TPSA) is 107 Å². The number of hydrogen-bond acceptors (Lipinski definition) is 6. The van der Waals surface area contributed by atoms with Crippen LogP contribution in [0.1, 0.15) is 67.6 Å².